The van der Waals surface area contributed by atoms with E-state index in [0.717, 1.165) is 37.8 Å². The number of benzene rings is 1. The van der Waals surface area contributed by atoms with Crippen LogP contribution in [0.5, 0.6) is 5.75 Å². The Morgan fingerprint density at radius 2 is 1.80 bits per heavy atom. The molecule has 1 aromatic heterocycles. The van der Waals surface area contributed by atoms with Gasteiger partial charge in [-0.25, -0.2) is 4.98 Å². The van der Waals surface area contributed by atoms with Crippen LogP contribution in [0, 0.1) is 11.8 Å². The van der Waals surface area contributed by atoms with Gasteiger partial charge in [-0.15, -0.1) is 0 Å². The van der Waals surface area contributed by atoms with Gasteiger partial charge in [0, 0.05) is 19.0 Å². The molecule has 30 heavy (non-hydrogen) atoms. The van der Waals surface area contributed by atoms with E-state index in [1.807, 2.05) is 17.0 Å². The van der Waals surface area contributed by atoms with Gasteiger partial charge >= 0.3 is 0 Å². The fraction of sp³-hybridized carbons (Fsp3) is 0.417. The average molecular weight is 443 g/mol. The highest BCUT2D eigenvalue weighted by molar-refractivity contribution is 6.37. The minimum absolute atomic E-state index is 0.000515. The number of halogens is 2. The van der Waals surface area contributed by atoms with Crippen molar-refractivity contribution in [1.29, 1.82) is 0 Å². The van der Waals surface area contributed by atoms with Gasteiger partial charge in [0.15, 0.2) is 5.75 Å². The molecule has 1 unspecified atom stereocenters. The van der Waals surface area contributed by atoms with Gasteiger partial charge in [0.05, 0.1) is 15.7 Å². The number of aromatic nitrogens is 1. The highest BCUT2D eigenvalue weighted by Crippen LogP contribution is 2.63. The van der Waals surface area contributed by atoms with Crippen molar-refractivity contribution in [2.45, 2.75) is 38.7 Å². The number of rotatable bonds is 7. The van der Waals surface area contributed by atoms with Gasteiger partial charge in [-0.2, -0.15) is 0 Å². The second-order valence-corrected chi connectivity index (χ2v) is 9.25. The molecule has 5 rings (SSSR count). The number of ether oxygens (including phenoxy) is 1. The van der Waals surface area contributed by atoms with Crippen molar-refractivity contribution in [2.24, 2.45) is 11.8 Å². The molecule has 1 saturated carbocycles. The first-order valence-corrected chi connectivity index (χ1v) is 11.4. The van der Waals surface area contributed by atoms with Crippen molar-refractivity contribution < 1.29 is 9.53 Å². The Hall–Kier alpha value is -2.04. The van der Waals surface area contributed by atoms with Gasteiger partial charge in [-0.05, 0) is 62.3 Å². The van der Waals surface area contributed by atoms with Crippen LogP contribution in [-0.2, 0) is 6.61 Å². The van der Waals surface area contributed by atoms with Crippen molar-refractivity contribution >= 4 is 29.1 Å². The van der Waals surface area contributed by atoms with E-state index in [-0.39, 0.29) is 12.5 Å². The number of piperidine rings is 1. The van der Waals surface area contributed by atoms with E-state index in [9.17, 15) is 4.79 Å². The summed E-state index contributed by atoms with van der Waals surface area (Å²) >= 11 is 12.3. The number of hydrogen-bond donors (Lipinski definition) is 0. The predicted molar refractivity (Wildman–Crippen MR) is 118 cm³/mol. The maximum Gasteiger partial charge on any atom is 0.272 e. The summed E-state index contributed by atoms with van der Waals surface area (Å²) in [5.74, 6) is 2.11. The molecular weight excluding hydrogens is 419 g/mol. The topological polar surface area (TPSA) is 42.4 Å². The second-order valence-electron chi connectivity index (χ2n) is 8.44. The lowest BCUT2D eigenvalue weighted by atomic mass is 9.91. The molecule has 1 saturated heterocycles. The molecule has 0 bridgehead atoms. The summed E-state index contributed by atoms with van der Waals surface area (Å²) in [6.45, 7) is 1.83. The zero-order chi connectivity index (χ0) is 20.7. The first kappa shape index (κ1) is 19.9. The van der Waals surface area contributed by atoms with E-state index in [0.29, 0.717) is 27.2 Å². The van der Waals surface area contributed by atoms with Crippen molar-refractivity contribution in [3.63, 3.8) is 0 Å². The smallest absolute Gasteiger partial charge is 0.272 e. The normalized spacial score (nSPS) is 20.2. The lowest BCUT2D eigenvalue weighted by Crippen LogP contribution is -2.39. The number of amides is 1. The van der Waals surface area contributed by atoms with E-state index in [2.05, 4.69) is 4.98 Å². The molecule has 156 valence electrons. The summed E-state index contributed by atoms with van der Waals surface area (Å²) in [7, 11) is 0. The van der Waals surface area contributed by atoms with Crippen LogP contribution in [-0.4, -0.2) is 28.9 Å². The standard InChI is InChI=1S/C24H24Cl2N2O2/c25-20-4-2-5-21(26)23(20)30-14-16-3-1-6-22(27-16)24(29)28-11-9-15(10-12-28)7-8-17-18-13-19(17)18/h1-6,15,18H,7-14H2. The van der Waals surface area contributed by atoms with E-state index >= 15 is 0 Å². The average Bonchev–Trinajstić information content (AvgIpc) is 3.67. The van der Waals surface area contributed by atoms with Gasteiger partial charge < -0.3 is 9.64 Å². The molecule has 1 aromatic carbocycles. The van der Waals surface area contributed by atoms with Crippen LogP contribution in [0.15, 0.2) is 47.5 Å². The Balaban J connectivity index is 1.15. The highest BCUT2D eigenvalue weighted by atomic mass is 35.5. The van der Waals surface area contributed by atoms with Crippen molar-refractivity contribution in [3.05, 3.63) is 69.0 Å². The van der Waals surface area contributed by atoms with Crippen molar-refractivity contribution in [2.75, 3.05) is 13.1 Å². The summed E-state index contributed by atoms with van der Waals surface area (Å²) in [5.41, 5.74) is 4.62. The number of fused-ring (bicyclic) bond motifs is 1. The summed E-state index contributed by atoms with van der Waals surface area (Å²) in [4.78, 5) is 19.4. The molecule has 4 nitrogen and oxygen atoms in total. The molecular formula is C24H24Cl2N2O2. The molecule has 2 fully saturated rings. The third kappa shape index (κ3) is 4.21. The molecule has 2 aromatic rings. The van der Waals surface area contributed by atoms with Crippen LogP contribution in [0.25, 0.3) is 0 Å². The molecule has 0 spiro atoms. The van der Waals surface area contributed by atoms with Crippen LogP contribution in [0.4, 0.5) is 0 Å². The van der Waals surface area contributed by atoms with Crippen LogP contribution in [0.2, 0.25) is 10.0 Å². The summed E-state index contributed by atoms with van der Waals surface area (Å²) in [6.07, 6.45) is 6.13. The number of hydrogen-bond acceptors (Lipinski definition) is 3. The van der Waals surface area contributed by atoms with Crippen molar-refractivity contribution in [3.8, 4) is 5.75 Å². The summed E-state index contributed by atoms with van der Waals surface area (Å²) in [6, 6.07) is 10.7. The molecule has 1 aliphatic heterocycles. The number of likely N-dealkylation sites (tertiary alicyclic amines) is 1. The highest BCUT2D eigenvalue weighted by Gasteiger charge is 2.49. The Morgan fingerprint density at radius 3 is 2.47 bits per heavy atom. The number of nitrogens with zero attached hydrogens (tertiary/aromatic N) is 2. The molecule has 0 radical (unpaired) electrons. The molecule has 2 aliphatic carbocycles. The molecule has 3 aliphatic rings. The van der Waals surface area contributed by atoms with Gasteiger partial charge in [-0.1, -0.05) is 46.5 Å². The fourth-order valence-corrected chi connectivity index (χ4v) is 4.89. The number of allylic oxidation sites excluding steroid dienone is 2. The SMILES string of the molecule is O=C(c1cccc(COc2c(Cl)cccc2Cl)n1)N1CCC(CCC2=C3CC23)CC1. The quantitative estimate of drug-likeness (QED) is 0.498. The van der Waals surface area contributed by atoms with Crippen LogP contribution >= 0.6 is 23.2 Å². The number of para-hydroxylation sites is 1. The van der Waals surface area contributed by atoms with E-state index in [1.54, 1.807) is 35.4 Å². The number of carbonyl (C=O) groups is 1. The maximum absolute atomic E-state index is 12.9. The number of pyridine rings is 1. The minimum Gasteiger partial charge on any atom is -0.484 e. The monoisotopic (exact) mass is 442 g/mol. The Kier molecular flexibility index (Phi) is 5.46. The van der Waals surface area contributed by atoms with E-state index in [4.69, 9.17) is 27.9 Å². The Labute approximate surface area is 186 Å². The summed E-state index contributed by atoms with van der Waals surface area (Å²) < 4.78 is 5.75. The van der Waals surface area contributed by atoms with Gasteiger partial charge in [0.1, 0.15) is 12.3 Å². The third-order valence-corrected chi connectivity index (χ3v) is 7.06. The van der Waals surface area contributed by atoms with E-state index in [1.165, 1.54) is 19.3 Å². The maximum atomic E-state index is 12.9. The fourth-order valence-electron chi connectivity index (χ4n) is 4.39. The molecule has 6 heteroatoms. The zero-order valence-corrected chi connectivity index (χ0v) is 18.3. The van der Waals surface area contributed by atoms with Crippen molar-refractivity contribution in [1.82, 2.24) is 9.88 Å². The largest absolute Gasteiger partial charge is 0.484 e. The Morgan fingerprint density at radius 1 is 1.10 bits per heavy atom. The minimum atomic E-state index is -0.000515. The van der Waals surface area contributed by atoms with Gasteiger partial charge in [0.2, 0.25) is 0 Å². The first-order valence-electron chi connectivity index (χ1n) is 10.6. The Bertz CT molecular complexity index is 992. The van der Waals surface area contributed by atoms with Crippen LogP contribution < -0.4 is 4.74 Å². The second kappa shape index (κ2) is 8.24. The molecule has 1 amide bonds. The van der Waals surface area contributed by atoms with Gasteiger partial charge in [-0.3, -0.25) is 4.79 Å². The number of carbonyl (C=O) groups excluding carboxylic acids is 1. The van der Waals surface area contributed by atoms with Crippen LogP contribution in [0.3, 0.4) is 0 Å². The lowest BCUT2D eigenvalue weighted by Gasteiger charge is -2.32. The third-order valence-electron chi connectivity index (χ3n) is 6.47. The van der Waals surface area contributed by atoms with Crippen LogP contribution in [0.1, 0.15) is 48.3 Å². The first-order chi connectivity index (χ1) is 14.6. The lowest BCUT2D eigenvalue weighted by molar-refractivity contribution is 0.0680. The van der Waals surface area contributed by atoms with Gasteiger partial charge in [0.25, 0.3) is 5.91 Å². The molecule has 2 heterocycles. The predicted octanol–water partition coefficient (Wildman–Crippen LogP) is 5.93. The summed E-state index contributed by atoms with van der Waals surface area (Å²) in [5, 5.41) is 0.904. The molecule has 1 atom stereocenters. The molecule has 0 N–H and O–H groups in total. The van der Waals surface area contributed by atoms with E-state index < -0.39 is 0 Å². The zero-order valence-electron chi connectivity index (χ0n) is 16.7.